The molecule has 0 radical (unpaired) electrons. The van der Waals surface area contributed by atoms with Crippen LogP contribution < -0.4 is 28.4 Å². The van der Waals surface area contributed by atoms with Gasteiger partial charge in [-0.25, -0.2) is 0 Å². The Morgan fingerprint density at radius 3 is 0.753 bits per heavy atom. The fraction of sp³-hybridized carbons (Fsp3) is 0.130. The van der Waals surface area contributed by atoms with E-state index in [1.807, 2.05) is 146 Å². The van der Waals surface area contributed by atoms with Crippen molar-refractivity contribution in [3.8, 4) is 67.9 Å². The molecule has 12 bridgehead atoms. The van der Waals surface area contributed by atoms with Crippen LogP contribution >= 0.6 is 34.8 Å². The topological polar surface area (TPSA) is 94.8 Å². The van der Waals surface area contributed by atoms with Crippen LogP contribution in [0.4, 0.5) is 0 Å². The summed E-state index contributed by atoms with van der Waals surface area (Å²) in [4.78, 5) is 0. The summed E-state index contributed by atoms with van der Waals surface area (Å²) in [5.41, 5.74) is 10.7. The van der Waals surface area contributed by atoms with Crippen LogP contribution in [0, 0.1) is 0 Å². The molecular weight excluding hydrogens is 1080 g/mol. The van der Waals surface area contributed by atoms with Crippen molar-refractivity contribution in [2.75, 3.05) is 42.7 Å². The molecule has 0 spiro atoms. The molecule has 0 amide bonds. The zero-order valence-corrected chi connectivity index (χ0v) is 47.1. The summed E-state index contributed by atoms with van der Waals surface area (Å²) in [5, 5.41) is 3.73. The Labute approximate surface area is 482 Å². The van der Waals surface area contributed by atoms with E-state index in [2.05, 4.69) is 36.4 Å². The third-order valence-electron chi connectivity index (χ3n) is 15.6. The van der Waals surface area contributed by atoms with Crippen molar-refractivity contribution in [2.45, 2.75) is 17.8 Å². The fourth-order valence-corrected chi connectivity index (χ4v) is 12.5. The van der Waals surface area contributed by atoms with Crippen molar-refractivity contribution in [3.05, 3.63) is 248 Å². The molecule has 12 heteroatoms. The minimum Gasteiger partial charge on any atom is -0.496 e. The molecule has 3 atom stereocenters. The highest BCUT2D eigenvalue weighted by Crippen LogP contribution is 2.61. The van der Waals surface area contributed by atoms with E-state index in [4.69, 9.17) is 76.5 Å². The van der Waals surface area contributed by atoms with E-state index in [0.29, 0.717) is 116 Å². The van der Waals surface area contributed by atoms with E-state index >= 15 is 0 Å². The van der Waals surface area contributed by atoms with Gasteiger partial charge in [-0.2, -0.15) is 0 Å². The van der Waals surface area contributed by atoms with E-state index < -0.39 is 17.8 Å². The normalized spacial score (nSPS) is 14.9. The molecule has 402 valence electrons. The number of fused-ring (bicyclic) bond motifs is 3. The standard InChI is InChI=1S/C69H51Cl3O9/c1-73-46-34-49(76-4)61-55(40-22-28-43(70)29-23-40)65-53(38-18-12-8-13-19-38)59-48(75-3)36-51(78-6)63(69(59)80-65)57(42-26-32-45(72)33-27-42)66-54(39-20-14-9-15-21-39)60-47(74-2)35-50(77-5)62(68(60)81-66)56(41-24-30-44(71)31-25-41)64-52(58(46)67(61)79-64)37-16-10-7-11-17-37/h7-36,55-57H,1-6H3. The lowest BCUT2D eigenvalue weighted by atomic mass is 9.81. The first-order chi connectivity index (χ1) is 39.7. The molecule has 0 saturated carbocycles. The second-order valence-corrected chi connectivity index (χ2v) is 21.1. The van der Waals surface area contributed by atoms with Gasteiger partial charge in [0.05, 0.1) is 93.3 Å². The molecule has 0 saturated heterocycles. The zero-order chi connectivity index (χ0) is 55.6. The van der Waals surface area contributed by atoms with Crippen molar-refractivity contribution in [1.82, 2.24) is 0 Å². The molecule has 1 aliphatic rings. The number of hydrogen-bond acceptors (Lipinski definition) is 9. The highest BCUT2D eigenvalue weighted by atomic mass is 35.5. The van der Waals surface area contributed by atoms with Crippen LogP contribution in [0.15, 0.2) is 195 Å². The first kappa shape index (κ1) is 51.7. The van der Waals surface area contributed by atoms with E-state index in [0.717, 1.165) is 50.1 Å². The number of ether oxygens (including phenoxy) is 6. The molecule has 3 heterocycles. The Balaban J connectivity index is 1.37. The van der Waals surface area contributed by atoms with Gasteiger partial charge in [-0.1, -0.05) is 162 Å². The van der Waals surface area contributed by atoms with Crippen molar-refractivity contribution >= 4 is 67.7 Å². The number of benzene rings is 9. The average molecular weight is 1130 g/mol. The van der Waals surface area contributed by atoms with Crippen molar-refractivity contribution in [3.63, 3.8) is 0 Å². The van der Waals surface area contributed by atoms with E-state index in [1.165, 1.54) is 0 Å². The molecule has 0 fully saturated rings. The van der Waals surface area contributed by atoms with E-state index in [1.54, 1.807) is 42.7 Å². The molecule has 1 aliphatic carbocycles. The third-order valence-corrected chi connectivity index (χ3v) is 16.4. The first-order valence-electron chi connectivity index (χ1n) is 26.2. The molecule has 12 aromatic rings. The number of hydrogen-bond donors (Lipinski definition) is 0. The Morgan fingerprint density at radius 1 is 0.296 bits per heavy atom. The highest BCUT2D eigenvalue weighted by molar-refractivity contribution is 6.31. The lowest BCUT2D eigenvalue weighted by Crippen LogP contribution is -2.07. The van der Waals surface area contributed by atoms with Crippen LogP contribution in [0.1, 0.15) is 68.4 Å². The lowest BCUT2D eigenvalue weighted by molar-refractivity contribution is 0.389. The zero-order valence-electron chi connectivity index (χ0n) is 44.9. The van der Waals surface area contributed by atoms with E-state index in [9.17, 15) is 0 Å². The fourth-order valence-electron chi connectivity index (χ4n) is 12.2. The van der Waals surface area contributed by atoms with Gasteiger partial charge in [0, 0.05) is 50.0 Å². The maximum atomic E-state index is 7.91. The van der Waals surface area contributed by atoms with Crippen molar-refractivity contribution in [2.24, 2.45) is 0 Å². The Morgan fingerprint density at radius 2 is 0.531 bits per heavy atom. The molecule has 13 rings (SSSR count). The minimum absolute atomic E-state index is 0.474. The number of halogens is 3. The molecule has 9 nitrogen and oxygen atoms in total. The molecular formula is C69H51Cl3O9. The monoisotopic (exact) mass is 1130 g/mol. The summed E-state index contributed by atoms with van der Waals surface area (Å²) in [5.74, 6) is 2.23. The van der Waals surface area contributed by atoms with Gasteiger partial charge in [-0.15, -0.1) is 0 Å². The van der Waals surface area contributed by atoms with Crippen LogP contribution in [0.5, 0.6) is 34.5 Å². The van der Waals surface area contributed by atoms with Gasteiger partial charge < -0.3 is 41.7 Å². The number of furan rings is 3. The van der Waals surface area contributed by atoms with Gasteiger partial charge in [0.15, 0.2) is 0 Å². The molecule has 3 aromatic heterocycles. The van der Waals surface area contributed by atoms with Gasteiger partial charge in [0.1, 0.15) is 68.5 Å². The minimum atomic E-state index is -0.788. The highest BCUT2D eigenvalue weighted by Gasteiger charge is 2.43. The SMILES string of the molecule is COc1cc(OC)c2c(-c3ccccc3)c3oc2c1C(c1ccc(Cl)cc1)c1oc2c(c(OC)cc(OC)c2c1-c1ccccc1)C(c1ccc(Cl)cc1)c1oc2c(c(OC)cc(OC)c2c1-c1ccccc1)C3c1ccc(Cl)cc1. The van der Waals surface area contributed by atoms with E-state index in [-0.39, 0.29) is 0 Å². The van der Waals surface area contributed by atoms with Gasteiger partial charge in [0.25, 0.3) is 0 Å². The summed E-state index contributed by atoms with van der Waals surface area (Å²) in [6, 6.07) is 59.8. The van der Waals surface area contributed by atoms with Crippen LogP contribution in [0.25, 0.3) is 66.3 Å². The molecule has 0 N–H and O–H groups in total. The van der Waals surface area contributed by atoms with Crippen LogP contribution in [0.3, 0.4) is 0 Å². The second kappa shape index (κ2) is 21.1. The lowest BCUT2D eigenvalue weighted by Gasteiger charge is -2.22. The van der Waals surface area contributed by atoms with Gasteiger partial charge >= 0.3 is 0 Å². The van der Waals surface area contributed by atoms with Gasteiger partial charge in [-0.3, -0.25) is 0 Å². The summed E-state index contributed by atoms with van der Waals surface area (Å²) in [6.45, 7) is 0. The second-order valence-electron chi connectivity index (χ2n) is 19.8. The summed E-state index contributed by atoms with van der Waals surface area (Å²) < 4.78 is 63.0. The molecule has 9 aromatic carbocycles. The Hall–Kier alpha value is -8.73. The smallest absolute Gasteiger partial charge is 0.146 e. The first-order valence-corrected chi connectivity index (χ1v) is 27.4. The summed E-state index contributed by atoms with van der Waals surface area (Å²) >= 11 is 20.5. The van der Waals surface area contributed by atoms with Gasteiger partial charge in [-0.05, 0) is 69.8 Å². The van der Waals surface area contributed by atoms with Crippen molar-refractivity contribution in [1.29, 1.82) is 0 Å². The maximum absolute atomic E-state index is 7.91. The van der Waals surface area contributed by atoms with Crippen LogP contribution in [-0.2, 0) is 0 Å². The quantitative estimate of drug-likeness (QED) is 0.119. The molecule has 81 heavy (non-hydrogen) atoms. The van der Waals surface area contributed by atoms with Crippen molar-refractivity contribution < 1.29 is 41.7 Å². The predicted molar refractivity (Wildman–Crippen MR) is 321 cm³/mol. The molecule has 0 aliphatic heterocycles. The maximum Gasteiger partial charge on any atom is 0.146 e. The van der Waals surface area contributed by atoms with Crippen LogP contribution in [-0.4, -0.2) is 42.7 Å². The predicted octanol–water partition coefficient (Wildman–Crippen LogP) is 18.8. The Kier molecular flexibility index (Phi) is 13.4. The largest absolute Gasteiger partial charge is 0.496 e. The summed E-state index contributed by atoms with van der Waals surface area (Å²) in [6.07, 6.45) is 0. The molecule has 3 unspecified atom stereocenters. The van der Waals surface area contributed by atoms with Gasteiger partial charge in [0.2, 0.25) is 0 Å². The Bertz CT molecular complexity index is 3880. The number of methoxy groups -OCH3 is 6. The number of rotatable bonds is 12. The third kappa shape index (κ3) is 8.44. The average Bonchev–Trinajstić information content (AvgIpc) is 2.95. The van der Waals surface area contributed by atoms with Crippen LogP contribution in [0.2, 0.25) is 15.1 Å². The summed E-state index contributed by atoms with van der Waals surface area (Å²) in [7, 11) is 9.94.